The Kier molecular flexibility index (Phi) is 5.19. The zero-order valence-corrected chi connectivity index (χ0v) is 11.7. The second kappa shape index (κ2) is 6.64. The van der Waals surface area contributed by atoms with Gasteiger partial charge in [-0.25, -0.2) is 0 Å². The zero-order chi connectivity index (χ0) is 14.4. The Morgan fingerprint density at radius 1 is 1.11 bits per heavy atom. The Hall–Kier alpha value is -2.22. The summed E-state index contributed by atoms with van der Waals surface area (Å²) < 4.78 is 0. The molecule has 0 aliphatic carbocycles. The van der Waals surface area contributed by atoms with E-state index in [1.165, 1.54) is 0 Å². The molecule has 1 rings (SSSR count). The first kappa shape index (κ1) is 14.8. The van der Waals surface area contributed by atoms with E-state index in [4.69, 9.17) is 10.8 Å². The maximum atomic E-state index is 8.03. The maximum Gasteiger partial charge on any atom is 0.0614 e. The van der Waals surface area contributed by atoms with Gasteiger partial charge in [0.15, 0.2) is 0 Å². The Labute approximate surface area is 115 Å². The summed E-state index contributed by atoms with van der Waals surface area (Å²) in [5.41, 5.74) is 4.63. The molecule has 0 saturated heterocycles. The van der Waals surface area contributed by atoms with E-state index >= 15 is 0 Å². The predicted molar refractivity (Wildman–Crippen MR) is 83.6 cm³/mol. The zero-order valence-electron chi connectivity index (χ0n) is 11.7. The van der Waals surface area contributed by atoms with Crippen LogP contribution in [0.25, 0.3) is 0 Å². The Bertz CT molecular complexity index is 575. The fourth-order valence-corrected chi connectivity index (χ4v) is 1.71. The Morgan fingerprint density at radius 2 is 1.79 bits per heavy atom. The van der Waals surface area contributed by atoms with Crippen molar-refractivity contribution in [2.75, 3.05) is 0 Å². The van der Waals surface area contributed by atoms with Crippen molar-refractivity contribution in [3.63, 3.8) is 0 Å². The van der Waals surface area contributed by atoms with Crippen LogP contribution in [0.5, 0.6) is 0 Å². The van der Waals surface area contributed by atoms with E-state index in [1.807, 2.05) is 51.1 Å². The number of nitrogens with one attached hydrogen (secondary N) is 2. The van der Waals surface area contributed by atoms with Crippen LogP contribution in [-0.4, -0.2) is 11.4 Å². The van der Waals surface area contributed by atoms with E-state index in [1.54, 1.807) is 12.2 Å². The van der Waals surface area contributed by atoms with Gasteiger partial charge >= 0.3 is 0 Å². The minimum atomic E-state index is 0.463. The molecule has 0 heterocycles. The molecule has 0 fully saturated rings. The molecule has 0 spiro atoms. The third-order valence-corrected chi connectivity index (χ3v) is 2.70. The minimum Gasteiger partial charge on any atom is -0.300 e. The van der Waals surface area contributed by atoms with Crippen molar-refractivity contribution < 1.29 is 0 Å². The highest BCUT2D eigenvalue weighted by Gasteiger charge is 2.05. The van der Waals surface area contributed by atoms with Gasteiger partial charge in [0.25, 0.3) is 0 Å². The second-order valence-corrected chi connectivity index (χ2v) is 4.54. The highest BCUT2D eigenvalue weighted by atomic mass is 14.4. The van der Waals surface area contributed by atoms with E-state index in [0.717, 1.165) is 22.3 Å². The summed E-state index contributed by atoms with van der Waals surface area (Å²) in [7, 11) is 0. The lowest BCUT2D eigenvalue weighted by atomic mass is 9.98. The van der Waals surface area contributed by atoms with Crippen LogP contribution in [0.3, 0.4) is 0 Å². The summed E-state index contributed by atoms with van der Waals surface area (Å²) in [5.74, 6) is 0. The average Bonchev–Trinajstić information content (AvgIpc) is 2.36. The van der Waals surface area contributed by atoms with Gasteiger partial charge in [0.2, 0.25) is 0 Å². The molecule has 2 N–H and O–H groups in total. The van der Waals surface area contributed by atoms with E-state index in [2.05, 4.69) is 6.58 Å². The molecule has 1 aromatic rings. The van der Waals surface area contributed by atoms with Gasteiger partial charge in [-0.05, 0) is 50.1 Å². The molecule has 0 bridgehead atoms. The highest BCUT2D eigenvalue weighted by Crippen LogP contribution is 2.13. The van der Waals surface area contributed by atoms with E-state index in [0.29, 0.717) is 11.4 Å². The number of aryl methyl sites for hydroxylation is 1. The average molecular weight is 252 g/mol. The molecule has 19 heavy (non-hydrogen) atoms. The summed E-state index contributed by atoms with van der Waals surface area (Å²) in [6.45, 7) is 9.54. The van der Waals surface area contributed by atoms with Crippen molar-refractivity contribution >= 4 is 11.4 Å². The lowest BCUT2D eigenvalue weighted by Crippen LogP contribution is -2.01. The number of hydrogen-bond donors (Lipinski definition) is 2. The summed E-state index contributed by atoms with van der Waals surface area (Å²) in [6.07, 6.45) is 7.20. The van der Waals surface area contributed by atoms with Crippen LogP contribution in [0.1, 0.15) is 30.5 Å². The van der Waals surface area contributed by atoms with Gasteiger partial charge < -0.3 is 10.8 Å². The third-order valence-electron chi connectivity index (χ3n) is 2.70. The molecule has 1 aromatic carbocycles. The third kappa shape index (κ3) is 4.18. The van der Waals surface area contributed by atoms with Crippen LogP contribution < -0.4 is 0 Å². The molecular weight excluding hydrogens is 232 g/mol. The van der Waals surface area contributed by atoms with E-state index in [-0.39, 0.29) is 0 Å². The lowest BCUT2D eigenvalue weighted by molar-refractivity contribution is 1.38. The van der Waals surface area contributed by atoms with Gasteiger partial charge in [-0.2, -0.15) is 0 Å². The Morgan fingerprint density at radius 3 is 2.32 bits per heavy atom. The van der Waals surface area contributed by atoms with Gasteiger partial charge in [-0.15, -0.1) is 0 Å². The first-order valence-electron chi connectivity index (χ1n) is 6.20. The van der Waals surface area contributed by atoms with Gasteiger partial charge in [-0.1, -0.05) is 36.4 Å². The Balaban J connectivity index is 3.04. The SMILES string of the molecule is C=C(C)/C=C\C(=N)c1ccc(C(=N)/C=C\C)cc1C. The van der Waals surface area contributed by atoms with Crippen LogP contribution in [0, 0.1) is 17.7 Å². The molecule has 0 aliphatic rings. The van der Waals surface area contributed by atoms with Gasteiger partial charge in [0.05, 0.1) is 11.4 Å². The molecule has 98 valence electrons. The minimum absolute atomic E-state index is 0.463. The van der Waals surface area contributed by atoms with Crippen LogP contribution in [0.4, 0.5) is 0 Å². The summed E-state index contributed by atoms with van der Waals surface area (Å²) in [5, 5.41) is 15.9. The summed E-state index contributed by atoms with van der Waals surface area (Å²) in [4.78, 5) is 0. The van der Waals surface area contributed by atoms with Crippen molar-refractivity contribution in [1.29, 1.82) is 10.8 Å². The largest absolute Gasteiger partial charge is 0.300 e. The van der Waals surface area contributed by atoms with Gasteiger partial charge in [0.1, 0.15) is 0 Å². The summed E-state index contributed by atoms with van der Waals surface area (Å²) >= 11 is 0. The van der Waals surface area contributed by atoms with E-state index < -0.39 is 0 Å². The molecule has 2 heteroatoms. The van der Waals surface area contributed by atoms with Crippen molar-refractivity contribution in [3.05, 3.63) is 71.3 Å². The van der Waals surface area contributed by atoms with Crippen molar-refractivity contribution in [3.8, 4) is 0 Å². The first-order valence-corrected chi connectivity index (χ1v) is 6.20. The molecule has 2 nitrogen and oxygen atoms in total. The molecule has 0 aromatic heterocycles. The van der Waals surface area contributed by atoms with Gasteiger partial charge in [0, 0.05) is 5.56 Å². The molecule has 0 unspecified atom stereocenters. The van der Waals surface area contributed by atoms with Crippen LogP contribution in [0.15, 0.2) is 54.7 Å². The maximum absolute atomic E-state index is 8.03. The number of benzene rings is 1. The quantitative estimate of drug-likeness (QED) is 0.575. The van der Waals surface area contributed by atoms with Crippen molar-refractivity contribution in [2.24, 2.45) is 0 Å². The first-order chi connectivity index (χ1) is 8.95. The van der Waals surface area contributed by atoms with Crippen molar-refractivity contribution in [2.45, 2.75) is 20.8 Å². The summed E-state index contributed by atoms with van der Waals surface area (Å²) in [6, 6.07) is 5.72. The standard InChI is InChI=1S/C17H20N2/c1-5-6-16(18)14-8-9-15(13(4)11-14)17(19)10-7-12(2)3/h5-11,18-19H,2H2,1,3-4H3/b6-5-,10-7-,18-16?,19-17?. The second-order valence-electron chi connectivity index (χ2n) is 4.54. The smallest absolute Gasteiger partial charge is 0.0614 e. The lowest BCUT2D eigenvalue weighted by Gasteiger charge is -2.07. The molecule has 0 atom stereocenters. The number of allylic oxidation sites excluding steroid dienone is 5. The number of rotatable bonds is 5. The highest BCUT2D eigenvalue weighted by molar-refractivity contribution is 6.10. The molecule has 0 radical (unpaired) electrons. The fourth-order valence-electron chi connectivity index (χ4n) is 1.71. The fraction of sp³-hybridized carbons (Fsp3) is 0.176. The van der Waals surface area contributed by atoms with Crippen LogP contribution in [0.2, 0.25) is 0 Å². The molecule has 0 aliphatic heterocycles. The molecular formula is C17H20N2. The normalized spacial score (nSPS) is 11.1. The van der Waals surface area contributed by atoms with E-state index in [9.17, 15) is 0 Å². The van der Waals surface area contributed by atoms with Gasteiger partial charge in [-0.3, -0.25) is 0 Å². The van der Waals surface area contributed by atoms with Crippen LogP contribution in [-0.2, 0) is 0 Å². The molecule has 0 saturated carbocycles. The topological polar surface area (TPSA) is 47.7 Å². The monoisotopic (exact) mass is 252 g/mol. The predicted octanol–water partition coefficient (Wildman–Crippen LogP) is 4.44. The number of hydrogen-bond acceptors (Lipinski definition) is 2. The van der Waals surface area contributed by atoms with Crippen LogP contribution >= 0.6 is 0 Å². The van der Waals surface area contributed by atoms with Crippen molar-refractivity contribution in [1.82, 2.24) is 0 Å². The molecule has 0 amide bonds.